The van der Waals surface area contributed by atoms with Crippen molar-refractivity contribution in [2.24, 2.45) is 11.8 Å². The fourth-order valence-electron chi connectivity index (χ4n) is 3.00. The summed E-state index contributed by atoms with van der Waals surface area (Å²) in [6.45, 7) is 5.95. The van der Waals surface area contributed by atoms with E-state index >= 15 is 0 Å². The van der Waals surface area contributed by atoms with Crippen molar-refractivity contribution in [1.82, 2.24) is 19.9 Å². The van der Waals surface area contributed by atoms with Crippen molar-refractivity contribution in [3.63, 3.8) is 0 Å². The van der Waals surface area contributed by atoms with E-state index in [4.69, 9.17) is 4.52 Å². The SMILES string of the molecule is Cc1cc(C(=O)N2CC(CO)C(CN(C)CCN(C)C)C2)on1. The molecule has 7 heteroatoms. The lowest BCUT2D eigenvalue weighted by Gasteiger charge is -2.24. The molecule has 2 atom stereocenters. The van der Waals surface area contributed by atoms with Crippen molar-refractivity contribution in [2.45, 2.75) is 6.92 Å². The second kappa shape index (κ2) is 7.90. The summed E-state index contributed by atoms with van der Waals surface area (Å²) in [5.41, 5.74) is 0.700. The number of amides is 1. The number of aromatic nitrogens is 1. The maximum absolute atomic E-state index is 12.5. The summed E-state index contributed by atoms with van der Waals surface area (Å²) in [7, 11) is 6.20. The average Bonchev–Trinajstić information content (AvgIpc) is 3.10. The lowest BCUT2D eigenvalue weighted by molar-refractivity contribution is 0.0737. The summed E-state index contributed by atoms with van der Waals surface area (Å²) in [5, 5.41) is 13.4. The molecule has 2 rings (SSSR count). The molecule has 2 unspecified atom stereocenters. The van der Waals surface area contributed by atoms with Crippen LogP contribution in [-0.2, 0) is 0 Å². The highest BCUT2D eigenvalue weighted by Crippen LogP contribution is 2.25. The number of likely N-dealkylation sites (N-methyl/N-ethyl adjacent to an activating group) is 2. The fraction of sp³-hybridized carbons (Fsp3) is 0.750. The van der Waals surface area contributed by atoms with Crippen molar-refractivity contribution in [1.29, 1.82) is 0 Å². The minimum absolute atomic E-state index is 0.103. The highest BCUT2D eigenvalue weighted by Gasteiger charge is 2.36. The monoisotopic (exact) mass is 324 g/mol. The first-order valence-corrected chi connectivity index (χ1v) is 8.07. The number of rotatable bonds is 7. The number of aryl methyl sites for hydroxylation is 1. The Morgan fingerprint density at radius 1 is 1.35 bits per heavy atom. The van der Waals surface area contributed by atoms with Gasteiger partial charge in [0.2, 0.25) is 5.76 Å². The third-order valence-corrected chi connectivity index (χ3v) is 4.41. The number of nitrogens with zero attached hydrogens (tertiary/aromatic N) is 4. The topological polar surface area (TPSA) is 73.1 Å². The van der Waals surface area contributed by atoms with Crippen LogP contribution in [0.25, 0.3) is 0 Å². The minimum atomic E-state index is -0.137. The first kappa shape index (κ1) is 17.9. The molecule has 0 bridgehead atoms. The van der Waals surface area contributed by atoms with Crippen LogP contribution in [0.1, 0.15) is 16.2 Å². The second-order valence-electron chi connectivity index (χ2n) is 6.81. The fourth-order valence-corrected chi connectivity index (χ4v) is 3.00. The van der Waals surface area contributed by atoms with Gasteiger partial charge in [-0.1, -0.05) is 5.16 Å². The lowest BCUT2D eigenvalue weighted by atomic mass is 9.96. The maximum Gasteiger partial charge on any atom is 0.292 e. The Morgan fingerprint density at radius 2 is 2.04 bits per heavy atom. The molecule has 1 amide bonds. The number of aliphatic hydroxyl groups excluding tert-OH is 1. The van der Waals surface area contributed by atoms with Crippen LogP contribution in [0.2, 0.25) is 0 Å². The molecule has 1 aromatic rings. The number of likely N-dealkylation sites (tertiary alicyclic amines) is 1. The minimum Gasteiger partial charge on any atom is -0.396 e. The number of carbonyl (C=O) groups excluding carboxylic acids is 1. The molecule has 0 radical (unpaired) electrons. The first-order valence-electron chi connectivity index (χ1n) is 8.07. The van der Waals surface area contributed by atoms with E-state index in [1.807, 2.05) is 0 Å². The molecule has 1 aliphatic rings. The Bertz CT molecular complexity index is 517. The highest BCUT2D eigenvalue weighted by molar-refractivity contribution is 5.91. The van der Waals surface area contributed by atoms with Crippen LogP contribution in [0.3, 0.4) is 0 Å². The molecule has 0 aromatic carbocycles. The summed E-state index contributed by atoms with van der Waals surface area (Å²) in [6, 6.07) is 1.66. The molecule has 2 heterocycles. The summed E-state index contributed by atoms with van der Waals surface area (Å²) < 4.78 is 5.07. The predicted octanol–water partition coefficient (Wildman–Crippen LogP) is 0.157. The molecule has 1 aromatic heterocycles. The number of aliphatic hydroxyl groups is 1. The number of carbonyl (C=O) groups is 1. The smallest absolute Gasteiger partial charge is 0.292 e. The Kier molecular flexibility index (Phi) is 6.15. The van der Waals surface area contributed by atoms with Crippen molar-refractivity contribution in [3.8, 4) is 0 Å². The average molecular weight is 324 g/mol. The lowest BCUT2D eigenvalue weighted by Crippen LogP contribution is -2.35. The quantitative estimate of drug-likeness (QED) is 0.770. The number of hydrogen-bond acceptors (Lipinski definition) is 6. The zero-order valence-corrected chi connectivity index (χ0v) is 14.5. The molecule has 7 nitrogen and oxygen atoms in total. The van der Waals surface area contributed by atoms with E-state index in [1.165, 1.54) is 0 Å². The molecule has 1 fully saturated rings. The van der Waals surface area contributed by atoms with Gasteiger partial charge in [-0.2, -0.15) is 0 Å². The van der Waals surface area contributed by atoms with Crippen molar-refractivity contribution >= 4 is 5.91 Å². The van der Waals surface area contributed by atoms with Gasteiger partial charge in [0, 0.05) is 51.3 Å². The molecular formula is C16H28N4O3. The summed E-state index contributed by atoms with van der Waals surface area (Å²) >= 11 is 0. The van der Waals surface area contributed by atoms with Crippen LogP contribution in [0.4, 0.5) is 0 Å². The highest BCUT2D eigenvalue weighted by atomic mass is 16.5. The Hall–Kier alpha value is -1.44. The molecule has 0 spiro atoms. The zero-order valence-electron chi connectivity index (χ0n) is 14.5. The summed E-state index contributed by atoms with van der Waals surface area (Å²) in [5.74, 6) is 0.535. The van der Waals surface area contributed by atoms with Gasteiger partial charge in [0.25, 0.3) is 5.91 Å². The van der Waals surface area contributed by atoms with Gasteiger partial charge in [0.1, 0.15) is 0 Å². The van der Waals surface area contributed by atoms with Gasteiger partial charge >= 0.3 is 0 Å². The number of hydrogen-bond donors (Lipinski definition) is 1. The van der Waals surface area contributed by atoms with Gasteiger partial charge in [0.05, 0.1) is 5.69 Å². The predicted molar refractivity (Wildman–Crippen MR) is 87.3 cm³/mol. The molecule has 1 aliphatic heterocycles. The molecule has 130 valence electrons. The van der Waals surface area contributed by atoms with Crippen molar-refractivity contribution in [2.75, 3.05) is 60.5 Å². The molecule has 0 saturated carbocycles. The zero-order chi connectivity index (χ0) is 17.0. The third kappa shape index (κ3) is 4.76. The van der Waals surface area contributed by atoms with E-state index in [9.17, 15) is 9.90 Å². The third-order valence-electron chi connectivity index (χ3n) is 4.41. The van der Waals surface area contributed by atoms with Crippen LogP contribution < -0.4 is 0 Å². The maximum atomic E-state index is 12.5. The van der Waals surface area contributed by atoms with Gasteiger partial charge in [-0.3, -0.25) is 4.79 Å². The van der Waals surface area contributed by atoms with Crippen LogP contribution in [0, 0.1) is 18.8 Å². The van der Waals surface area contributed by atoms with E-state index in [1.54, 1.807) is 17.9 Å². The summed E-state index contributed by atoms with van der Waals surface area (Å²) in [6.07, 6.45) is 0. The van der Waals surface area contributed by atoms with Gasteiger partial charge in [-0.25, -0.2) is 0 Å². The Labute approximate surface area is 137 Å². The van der Waals surface area contributed by atoms with Gasteiger partial charge in [0.15, 0.2) is 0 Å². The van der Waals surface area contributed by atoms with Crippen LogP contribution >= 0.6 is 0 Å². The summed E-state index contributed by atoms with van der Waals surface area (Å²) in [4.78, 5) is 18.6. The van der Waals surface area contributed by atoms with Gasteiger partial charge in [-0.15, -0.1) is 0 Å². The molecule has 23 heavy (non-hydrogen) atoms. The molecule has 1 N–H and O–H groups in total. The van der Waals surface area contributed by atoms with Crippen molar-refractivity contribution in [3.05, 3.63) is 17.5 Å². The van der Waals surface area contributed by atoms with Crippen LogP contribution in [-0.4, -0.2) is 91.3 Å². The largest absolute Gasteiger partial charge is 0.396 e. The first-order chi connectivity index (χ1) is 10.9. The molecule has 0 aliphatic carbocycles. The molecule has 1 saturated heterocycles. The normalized spacial score (nSPS) is 21.6. The van der Waals surface area contributed by atoms with Crippen molar-refractivity contribution < 1.29 is 14.4 Å². The van der Waals surface area contributed by atoms with Crippen LogP contribution in [0.5, 0.6) is 0 Å². The van der Waals surface area contributed by atoms with E-state index in [-0.39, 0.29) is 30.1 Å². The van der Waals surface area contributed by atoms with E-state index in [0.29, 0.717) is 18.8 Å². The van der Waals surface area contributed by atoms with Gasteiger partial charge in [-0.05, 0) is 34.0 Å². The Balaban J connectivity index is 1.93. The second-order valence-corrected chi connectivity index (χ2v) is 6.81. The van der Waals surface area contributed by atoms with Gasteiger partial charge < -0.3 is 24.3 Å². The molecular weight excluding hydrogens is 296 g/mol. The van der Waals surface area contributed by atoms with E-state index in [2.05, 4.69) is 36.1 Å². The standard InChI is InChI=1S/C16H28N4O3/c1-12-7-15(23-17-12)16(22)20-9-13(14(10-20)11-21)8-19(4)6-5-18(2)3/h7,13-14,21H,5-6,8-11H2,1-4H3. The van der Waals surface area contributed by atoms with Crippen LogP contribution in [0.15, 0.2) is 10.6 Å². The van der Waals surface area contributed by atoms with E-state index in [0.717, 1.165) is 19.6 Å². The Morgan fingerprint density at radius 3 is 2.61 bits per heavy atom. The van der Waals surface area contributed by atoms with E-state index < -0.39 is 0 Å².